The monoisotopic (exact) mass is 286 g/mol. The van der Waals surface area contributed by atoms with Crippen LogP contribution in [-0.4, -0.2) is 30.4 Å². The molecule has 2 aliphatic rings. The zero-order chi connectivity index (χ0) is 14.8. The largest absolute Gasteiger partial charge is 0.342 e. The van der Waals surface area contributed by atoms with E-state index in [1.807, 2.05) is 0 Å². The lowest BCUT2D eigenvalue weighted by Gasteiger charge is -2.39. The van der Waals surface area contributed by atoms with Crippen LogP contribution < -0.4 is 5.73 Å². The van der Waals surface area contributed by atoms with Gasteiger partial charge in [0.05, 0.1) is 5.92 Å². The number of carbonyl (C=O) groups is 1. The maximum Gasteiger partial charge on any atom is 0.230 e. The molecule has 0 bridgehead atoms. The molecule has 3 nitrogen and oxygen atoms in total. The first-order valence-electron chi connectivity index (χ1n) is 8.27. The van der Waals surface area contributed by atoms with Gasteiger partial charge < -0.3 is 10.6 Å². The highest BCUT2D eigenvalue weighted by Crippen LogP contribution is 2.34. The van der Waals surface area contributed by atoms with Crippen LogP contribution in [0.2, 0.25) is 0 Å². The topological polar surface area (TPSA) is 46.3 Å². The first kappa shape index (κ1) is 14.6. The third-order valence-corrected chi connectivity index (χ3v) is 5.40. The van der Waals surface area contributed by atoms with Crippen LogP contribution in [0.4, 0.5) is 0 Å². The smallest absolute Gasteiger partial charge is 0.230 e. The van der Waals surface area contributed by atoms with Crippen LogP contribution in [0.25, 0.3) is 0 Å². The molecular formula is C18H26N2O. The van der Waals surface area contributed by atoms with Gasteiger partial charge in [0.15, 0.2) is 0 Å². The van der Waals surface area contributed by atoms with E-state index in [2.05, 4.69) is 36.1 Å². The molecule has 3 unspecified atom stereocenters. The quantitative estimate of drug-likeness (QED) is 0.908. The molecule has 3 rings (SSSR count). The van der Waals surface area contributed by atoms with Crippen molar-refractivity contribution >= 4 is 5.91 Å². The van der Waals surface area contributed by atoms with Gasteiger partial charge in [0.25, 0.3) is 0 Å². The van der Waals surface area contributed by atoms with Gasteiger partial charge in [-0.15, -0.1) is 0 Å². The number of aryl methyl sites for hydroxylation is 1. The average Bonchev–Trinajstić information content (AvgIpc) is 2.54. The summed E-state index contributed by atoms with van der Waals surface area (Å²) in [5.41, 5.74) is 8.50. The van der Waals surface area contributed by atoms with E-state index in [9.17, 15) is 4.79 Å². The molecular weight excluding hydrogens is 260 g/mol. The number of amides is 1. The maximum atomic E-state index is 13.0. The standard InChI is InChI=1S/C18H26N2O/c1-13-9-10-20(12-15(13)11-19)18(21)17-8-4-6-14-5-2-3-7-16(14)17/h2-3,5,7,13,15,17H,4,6,8-12,19H2,1H3. The lowest BCUT2D eigenvalue weighted by atomic mass is 9.80. The highest BCUT2D eigenvalue weighted by atomic mass is 16.2. The third kappa shape index (κ3) is 2.84. The Morgan fingerprint density at radius 2 is 2.14 bits per heavy atom. The van der Waals surface area contributed by atoms with Crippen molar-refractivity contribution in [3.63, 3.8) is 0 Å². The summed E-state index contributed by atoms with van der Waals surface area (Å²) in [6.45, 7) is 4.69. The van der Waals surface area contributed by atoms with Gasteiger partial charge in [0.2, 0.25) is 5.91 Å². The summed E-state index contributed by atoms with van der Waals surface area (Å²) >= 11 is 0. The summed E-state index contributed by atoms with van der Waals surface area (Å²) in [7, 11) is 0. The Kier molecular flexibility index (Phi) is 4.29. The van der Waals surface area contributed by atoms with Gasteiger partial charge in [-0.25, -0.2) is 0 Å². The first-order valence-corrected chi connectivity index (χ1v) is 8.27. The fourth-order valence-corrected chi connectivity index (χ4v) is 3.89. The van der Waals surface area contributed by atoms with Crippen molar-refractivity contribution < 1.29 is 4.79 Å². The van der Waals surface area contributed by atoms with E-state index in [1.165, 1.54) is 11.1 Å². The molecule has 1 fully saturated rings. The van der Waals surface area contributed by atoms with Gasteiger partial charge in [-0.3, -0.25) is 4.79 Å². The molecule has 1 heterocycles. The summed E-state index contributed by atoms with van der Waals surface area (Å²) in [5.74, 6) is 1.49. The van der Waals surface area contributed by atoms with Crippen LogP contribution in [0, 0.1) is 11.8 Å². The number of fused-ring (bicyclic) bond motifs is 1. The lowest BCUT2D eigenvalue weighted by molar-refractivity contribution is -0.135. The van der Waals surface area contributed by atoms with E-state index in [0.29, 0.717) is 24.3 Å². The van der Waals surface area contributed by atoms with Crippen molar-refractivity contribution in [3.8, 4) is 0 Å². The molecule has 21 heavy (non-hydrogen) atoms. The molecule has 0 saturated carbocycles. The fraction of sp³-hybridized carbons (Fsp3) is 0.611. The van der Waals surface area contributed by atoms with Crippen LogP contribution in [0.15, 0.2) is 24.3 Å². The molecule has 0 spiro atoms. The van der Waals surface area contributed by atoms with Crippen molar-refractivity contribution in [3.05, 3.63) is 35.4 Å². The molecule has 1 aromatic rings. The minimum absolute atomic E-state index is 0.0711. The number of rotatable bonds is 2. The maximum absolute atomic E-state index is 13.0. The second-order valence-electron chi connectivity index (χ2n) is 6.69. The SMILES string of the molecule is CC1CCN(C(=O)C2CCCc3ccccc32)CC1CN. The van der Waals surface area contributed by atoms with E-state index in [0.717, 1.165) is 38.8 Å². The number of nitrogens with two attached hydrogens (primary N) is 1. The predicted octanol–water partition coefficient (Wildman–Crippen LogP) is 2.55. The molecule has 1 amide bonds. The van der Waals surface area contributed by atoms with E-state index in [-0.39, 0.29) is 5.92 Å². The molecule has 2 N–H and O–H groups in total. The van der Waals surface area contributed by atoms with Crippen molar-refractivity contribution in [1.29, 1.82) is 0 Å². The Hall–Kier alpha value is -1.35. The van der Waals surface area contributed by atoms with Crippen molar-refractivity contribution in [2.75, 3.05) is 19.6 Å². The summed E-state index contributed by atoms with van der Waals surface area (Å²) in [6, 6.07) is 8.46. The second-order valence-corrected chi connectivity index (χ2v) is 6.69. The molecule has 1 aliphatic heterocycles. The number of hydrogen-bond acceptors (Lipinski definition) is 2. The molecule has 1 aromatic carbocycles. The Morgan fingerprint density at radius 1 is 1.33 bits per heavy atom. The molecule has 3 atom stereocenters. The van der Waals surface area contributed by atoms with Gasteiger partial charge in [-0.2, -0.15) is 0 Å². The molecule has 0 radical (unpaired) electrons. The number of piperidine rings is 1. The van der Waals surface area contributed by atoms with E-state index < -0.39 is 0 Å². The Labute approximate surface area is 127 Å². The van der Waals surface area contributed by atoms with Gasteiger partial charge >= 0.3 is 0 Å². The third-order valence-electron chi connectivity index (χ3n) is 5.40. The van der Waals surface area contributed by atoms with Crippen LogP contribution in [0.1, 0.15) is 43.2 Å². The lowest BCUT2D eigenvalue weighted by Crippen LogP contribution is -2.47. The van der Waals surface area contributed by atoms with E-state index >= 15 is 0 Å². The average molecular weight is 286 g/mol. The van der Waals surface area contributed by atoms with E-state index in [1.54, 1.807) is 0 Å². The molecule has 1 aliphatic carbocycles. The normalized spacial score (nSPS) is 29.0. The number of nitrogens with zero attached hydrogens (tertiary/aromatic N) is 1. The molecule has 3 heteroatoms. The summed E-state index contributed by atoms with van der Waals surface area (Å²) < 4.78 is 0. The van der Waals surface area contributed by atoms with Crippen molar-refractivity contribution in [2.45, 2.75) is 38.5 Å². The highest BCUT2D eigenvalue weighted by molar-refractivity contribution is 5.84. The fourth-order valence-electron chi connectivity index (χ4n) is 3.89. The van der Waals surface area contributed by atoms with E-state index in [4.69, 9.17) is 5.73 Å². The molecule has 1 saturated heterocycles. The highest BCUT2D eigenvalue weighted by Gasteiger charge is 2.33. The Bertz CT molecular complexity index is 514. The minimum atomic E-state index is 0.0711. The van der Waals surface area contributed by atoms with Gasteiger partial charge in [-0.05, 0) is 55.2 Å². The molecule has 114 valence electrons. The van der Waals surface area contributed by atoms with Gasteiger partial charge in [0, 0.05) is 13.1 Å². The number of benzene rings is 1. The number of likely N-dealkylation sites (tertiary alicyclic amines) is 1. The van der Waals surface area contributed by atoms with Crippen LogP contribution >= 0.6 is 0 Å². The first-order chi connectivity index (χ1) is 10.2. The molecule has 0 aromatic heterocycles. The zero-order valence-electron chi connectivity index (χ0n) is 12.9. The number of hydrogen-bond donors (Lipinski definition) is 1. The van der Waals surface area contributed by atoms with Crippen LogP contribution in [0.5, 0.6) is 0 Å². The number of carbonyl (C=O) groups excluding carboxylic acids is 1. The van der Waals surface area contributed by atoms with Crippen molar-refractivity contribution in [1.82, 2.24) is 4.90 Å². The van der Waals surface area contributed by atoms with Crippen molar-refractivity contribution in [2.24, 2.45) is 17.6 Å². The summed E-state index contributed by atoms with van der Waals surface area (Å²) in [6.07, 6.45) is 4.32. The van der Waals surface area contributed by atoms with Gasteiger partial charge in [0.1, 0.15) is 0 Å². The Morgan fingerprint density at radius 3 is 2.95 bits per heavy atom. The predicted molar refractivity (Wildman–Crippen MR) is 85.0 cm³/mol. The second kappa shape index (κ2) is 6.18. The Balaban J connectivity index is 1.77. The van der Waals surface area contributed by atoms with Gasteiger partial charge in [-0.1, -0.05) is 31.2 Å². The summed E-state index contributed by atoms with van der Waals surface area (Å²) in [4.78, 5) is 15.0. The van der Waals surface area contributed by atoms with Crippen LogP contribution in [-0.2, 0) is 11.2 Å². The zero-order valence-corrected chi connectivity index (χ0v) is 12.9. The minimum Gasteiger partial charge on any atom is -0.342 e. The summed E-state index contributed by atoms with van der Waals surface area (Å²) in [5, 5.41) is 0. The van der Waals surface area contributed by atoms with Crippen LogP contribution in [0.3, 0.4) is 0 Å².